The van der Waals surface area contributed by atoms with Gasteiger partial charge in [-0.2, -0.15) is 5.10 Å². The van der Waals surface area contributed by atoms with Crippen molar-refractivity contribution in [1.82, 2.24) is 9.78 Å². The van der Waals surface area contributed by atoms with E-state index in [1.54, 1.807) is 0 Å². The molecule has 2 nitrogen and oxygen atoms in total. The van der Waals surface area contributed by atoms with Crippen molar-refractivity contribution in [2.24, 2.45) is 0 Å². The molecule has 5 heteroatoms. The van der Waals surface area contributed by atoms with Gasteiger partial charge in [-0.3, -0.25) is 4.68 Å². The van der Waals surface area contributed by atoms with Gasteiger partial charge in [-0.25, -0.2) is 0 Å². The van der Waals surface area contributed by atoms with Crippen molar-refractivity contribution < 1.29 is 0 Å². The van der Waals surface area contributed by atoms with Crippen molar-refractivity contribution in [1.29, 1.82) is 0 Å². The molecule has 0 saturated carbocycles. The van der Waals surface area contributed by atoms with E-state index in [1.165, 1.54) is 0 Å². The van der Waals surface area contributed by atoms with Crippen LogP contribution in [0.5, 0.6) is 0 Å². The lowest BCUT2D eigenvalue weighted by molar-refractivity contribution is 0.697. The van der Waals surface area contributed by atoms with Gasteiger partial charge < -0.3 is 0 Å². The minimum Gasteiger partial charge on any atom is -0.260 e. The van der Waals surface area contributed by atoms with Crippen molar-refractivity contribution in [3.8, 4) is 22.5 Å². The van der Waals surface area contributed by atoms with Gasteiger partial charge >= 0.3 is 0 Å². The van der Waals surface area contributed by atoms with Gasteiger partial charge in [0.15, 0.2) is 0 Å². The van der Waals surface area contributed by atoms with Gasteiger partial charge in [0.05, 0.1) is 17.9 Å². The molecular weight excluding hydrogens is 488 g/mol. The molecule has 134 valence electrons. The predicted octanol–water partition coefficient (Wildman–Crippen LogP) is 7.44. The number of rotatable bonds is 4. The summed E-state index contributed by atoms with van der Waals surface area (Å²) in [6, 6.07) is 26.6. The first-order valence-corrected chi connectivity index (χ1v) is 10.4. The van der Waals surface area contributed by atoms with Crippen molar-refractivity contribution >= 4 is 43.5 Å². The summed E-state index contributed by atoms with van der Waals surface area (Å²) in [6.45, 7) is 0.680. The largest absolute Gasteiger partial charge is 0.260 e. The maximum absolute atomic E-state index is 6.02. The smallest absolute Gasteiger partial charge is 0.0929 e. The molecule has 0 bridgehead atoms. The van der Waals surface area contributed by atoms with Gasteiger partial charge in [-0.1, -0.05) is 79.9 Å². The Morgan fingerprint density at radius 1 is 0.741 bits per heavy atom. The molecule has 0 N–H and O–H groups in total. The van der Waals surface area contributed by atoms with E-state index in [2.05, 4.69) is 62.2 Å². The first-order valence-electron chi connectivity index (χ1n) is 8.43. The van der Waals surface area contributed by atoms with Gasteiger partial charge in [0.25, 0.3) is 0 Å². The molecule has 4 rings (SSSR count). The van der Waals surface area contributed by atoms with Crippen LogP contribution in [-0.2, 0) is 6.54 Å². The van der Waals surface area contributed by atoms with Crippen molar-refractivity contribution in [2.75, 3.05) is 0 Å². The molecule has 0 aliphatic carbocycles. The average molecular weight is 503 g/mol. The summed E-state index contributed by atoms with van der Waals surface area (Å²) in [5.74, 6) is 0. The third-order valence-corrected chi connectivity index (χ3v) is 5.61. The molecule has 0 aliphatic rings. The number of hydrogen-bond acceptors (Lipinski definition) is 1. The zero-order valence-corrected chi connectivity index (χ0v) is 18.2. The standard InChI is InChI=1S/C22H15Br2ClN2/c23-18-7-3-16(4-8-18)21-13-22(17-5-9-19(24)10-6-17)27(26-21)14-15-1-11-20(25)12-2-15/h1-13H,14H2. The molecule has 1 heterocycles. The normalized spacial score (nSPS) is 10.9. The van der Waals surface area contributed by atoms with E-state index in [1.807, 2.05) is 53.2 Å². The second-order valence-corrected chi connectivity index (χ2v) is 8.48. The van der Waals surface area contributed by atoms with E-state index in [9.17, 15) is 0 Å². The minimum absolute atomic E-state index is 0.680. The Labute approximate surface area is 180 Å². The highest BCUT2D eigenvalue weighted by atomic mass is 79.9. The monoisotopic (exact) mass is 500 g/mol. The maximum Gasteiger partial charge on any atom is 0.0929 e. The molecule has 1 aromatic heterocycles. The van der Waals surface area contributed by atoms with Crippen LogP contribution in [0.1, 0.15) is 5.56 Å². The van der Waals surface area contributed by atoms with Gasteiger partial charge in [-0.15, -0.1) is 0 Å². The maximum atomic E-state index is 6.02. The predicted molar refractivity (Wildman–Crippen MR) is 119 cm³/mol. The molecule has 27 heavy (non-hydrogen) atoms. The van der Waals surface area contributed by atoms with E-state index in [0.29, 0.717) is 6.54 Å². The Morgan fingerprint density at radius 2 is 1.30 bits per heavy atom. The number of halogens is 3. The summed E-state index contributed by atoms with van der Waals surface area (Å²) >= 11 is 13.0. The fraction of sp³-hybridized carbons (Fsp3) is 0.0455. The lowest BCUT2D eigenvalue weighted by Gasteiger charge is -2.08. The van der Waals surface area contributed by atoms with Crippen molar-refractivity contribution in [3.05, 3.63) is 98.4 Å². The lowest BCUT2D eigenvalue weighted by atomic mass is 10.1. The van der Waals surface area contributed by atoms with Crippen molar-refractivity contribution in [2.45, 2.75) is 6.54 Å². The molecule has 3 aromatic carbocycles. The zero-order valence-electron chi connectivity index (χ0n) is 14.2. The van der Waals surface area contributed by atoms with Crippen LogP contribution in [0.2, 0.25) is 5.02 Å². The number of hydrogen-bond donors (Lipinski definition) is 0. The van der Waals surface area contributed by atoms with Crippen LogP contribution in [0.4, 0.5) is 0 Å². The Morgan fingerprint density at radius 3 is 1.89 bits per heavy atom. The molecule has 0 fully saturated rings. The van der Waals surface area contributed by atoms with Crippen LogP contribution in [-0.4, -0.2) is 9.78 Å². The number of aromatic nitrogens is 2. The molecule has 0 amide bonds. The SMILES string of the molecule is Clc1ccc(Cn2nc(-c3ccc(Br)cc3)cc2-c2ccc(Br)cc2)cc1. The average Bonchev–Trinajstić information content (AvgIpc) is 3.08. The Hall–Kier alpha value is -1.88. The number of nitrogens with zero attached hydrogens (tertiary/aromatic N) is 2. The second kappa shape index (κ2) is 8.01. The third kappa shape index (κ3) is 4.34. The molecule has 0 radical (unpaired) electrons. The summed E-state index contributed by atoms with van der Waals surface area (Å²) in [4.78, 5) is 0. The topological polar surface area (TPSA) is 17.8 Å². The molecular formula is C22H15Br2ClN2. The van der Waals surface area contributed by atoms with Crippen molar-refractivity contribution in [3.63, 3.8) is 0 Å². The first kappa shape index (κ1) is 18.5. The van der Waals surface area contributed by atoms with Crippen LogP contribution < -0.4 is 0 Å². The van der Waals surface area contributed by atoms with Gasteiger partial charge in [0.2, 0.25) is 0 Å². The van der Waals surface area contributed by atoms with Gasteiger partial charge in [-0.05, 0) is 53.6 Å². The molecule has 0 aliphatic heterocycles. The molecule has 0 unspecified atom stereocenters. The van der Waals surface area contributed by atoms with Crippen LogP contribution in [0.25, 0.3) is 22.5 Å². The Kier molecular flexibility index (Phi) is 5.48. The summed E-state index contributed by atoms with van der Waals surface area (Å²) in [5.41, 5.74) is 5.41. The van der Waals surface area contributed by atoms with Gasteiger partial charge in [0, 0.05) is 19.5 Å². The fourth-order valence-electron chi connectivity index (χ4n) is 2.91. The number of benzene rings is 3. The first-order chi connectivity index (χ1) is 13.1. The highest BCUT2D eigenvalue weighted by Gasteiger charge is 2.12. The summed E-state index contributed by atoms with van der Waals surface area (Å²) in [5, 5.41) is 5.62. The van der Waals surface area contributed by atoms with E-state index < -0.39 is 0 Å². The van der Waals surface area contributed by atoms with E-state index in [0.717, 1.165) is 42.0 Å². The van der Waals surface area contributed by atoms with E-state index in [-0.39, 0.29) is 0 Å². The zero-order chi connectivity index (χ0) is 18.8. The molecule has 0 atom stereocenters. The van der Waals surface area contributed by atoms with Crippen LogP contribution in [0.15, 0.2) is 87.8 Å². The molecule has 0 saturated heterocycles. The Bertz CT molecular complexity index is 1050. The summed E-state index contributed by atoms with van der Waals surface area (Å²) in [7, 11) is 0. The van der Waals surface area contributed by atoms with Crippen LogP contribution in [0, 0.1) is 0 Å². The van der Waals surface area contributed by atoms with E-state index in [4.69, 9.17) is 16.7 Å². The minimum atomic E-state index is 0.680. The van der Waals surface area contributed by atoms with Crippen LogP contribution >= 0.6 is 43.5 Å². The third-order valence-electron chi connectivity index (χ3n) is 4.31. The Balaban J connectivity index is 1.77. The molecule has 0 spiro atoms. The fourth-order valence-corrected chi connectivity index (χ4v) is 3.57. The highest BCUT2D eigenvalue weighted by molar-refractivity contribution is 9.10. The van der Waals surface area contributed by atoms with Gasteiger partial charge in [0.1, 0.15) is 0 Å². The second-order valence-electron chi connectivity index (χ2n) is 6.21. The van der Waals surface area contributed by atoms with E-state index >= 15 is 0 Å². The van der Waals surface area contributed by atoms with Crippen LogP contribution in [0.3, 0.4) is 0 Å². The lowest BCUT2D eigenvalue weighted by Crippen LogP contribution is -2.04. The summed E-state index contributed by atoms with van der Waals surface area (Å²) in [6.07, 6.45) is 0. The summed E-state index contributed by atoms with van der Waals surface area (Å²) < 4.78 is 4.16. The quantitative estimate of drug-likeness (QED) is 0.283. The highest BCUT2D eigenvalue weighted by Crippen LogP contribution is 2.29. The molecule has 4 aromatic rings.